The lowest BCUT2D eigenvalue weighted by Gasteiger charge is -2.35. The van der Waals surface area contributed by atoms with Crippen LogP contribution in [0.3, 0.4) is 0 Å². The Labute approximate surface area is 259 Å². The van der Waals surface area contributed by atoms with Crippen molar-refractivity contribution in [3.8, 4) is 16.9 Å². The van der Waals surface area contributed by atoms with Gasteiger partial charge in [-0.05, 0) is 53.8 Å². The predicted octanol–water partition coefficient (Wildman–Crippen LogP) is 4.21. The van der Waals surface area contributed by atoms with Crippen molar-refractivity contribution in [1.29, 1.82) is 0 Å². The van der Waals surface area contributed by atoms with Crippen LogP contribution in [-0.2, 0) is 15.4 Å². The van der Waals surface area contributed by atoms with E-state index in [-0.39, 0.29) is 17.0 Å². The van der Waals surface area contributed by atoms with E-state index >= 15 is 0 Å². The van der Waals surface area contributed by atoms with E-state index in [0.717, 1.165) is 16.7 Å². The van der Waals surface area contributed by atoms with Crippen molar-refractivity contribution in [2.45, 2.75) is 45.7 Å². The molecule has 0 saturated carbocycles. The fraction of sp³-hybridized carbons (Fsp3) is 0.433. The summed E-state index contributed by atoms with van der Waals surface area (Å²) in [5, 5.41) is 7.74. The molecule has 3 aromatic rings. The maximum Gasteiger partial charge on any atom is 0.390 e. The number of carbonyl (C=O) groups excluding carboxylic acids is 2. The Morgan fingerprint density at radius 1 is 0.956 bits per heavy atom. The zero-order valence-corrected chi connectivity index (χ0v) is 26.2. The van der Waals surface area contributed by atoms with Crippen LogP contribution in [0.15, 0.2) is 48.8 Å². The first kappa shape index (κ1) is 33.6. The molecule has 2 aromatic heterocycles. The molecule has 1 aliphatic rings. The summed E-state index contributed by atoms with van der Waals surface area (Å²) in [5.74, 6) is -1.54. The molecule has 4 rings (SSSR count). The van der Waals surface area contributed by atoms with Crippen molar-refractivity contribution in [3.63, 3.8) is 0 Å². The van der Waals surface area contributed by atoms with Gasteiger partial charge in [-0.15, -0.1) is 10.2 Å². The second-order valence-corrected chi connectivity index (χ2v) is 13.4. The molecule has 242 valence electrons. The summed E-state index contributed by atoms with van der Waals surface area (Å²) >= 11 is 0. The van der Waals surface area contributed by atoms with Gasteiger partial charge in [-0.1, -0.05) is 26.8 Å². The Bertz CT molecular complexity index is 1630. The molecule has 1 aromatic carbocycles. The summed E-state index contributed by atoms with van der Waals surface area (Å²) in [4.78, 5) is 33.8. The molecule has 0 bridgehead atoms. The van der Waals surface area contributed by atoms with E-state index in [4.69, 9.17) is 4.74 Å². The van der Waals surface area contributed by atoms with Gasteiger partial charge in [-0.3, -0.25) is 14.6 Å². The number of rotatable bonds is 9. The van der Waals surface area contributed by atoms with Gasteiger partial charge in [0.05, 0.1) is 25.0 Å². The summed E-state index contributed by atoms with van der Waals surface area (Å²) in [6, 6.07) is 10.4. The quantitative estimate of drug-likeness (QED) is 0.362. The van der Waals surface area contributed by atoms with Gasteiger partial charge in [0.1, 0.15) is 5.75 Å². The number of nitrogens with one attached hydrogen (secondary N) is 1. The number of halogens is 3. The lowest BCUT2D eigenvalue weighted by molar-refractivity contribution is -0.130. The third-order valence-corrected chi connectivity index (χ3v) is 8.32. The van der Waals surface area contributed by atoms with Gasteiger partial charge >= 0.3 is 6.18 Å². The minimum atomic E-state index is -4.68. The second-order valence-electron chi connectivity index (χ2n) is 11.6. The highest BCUT2D eigenvalue weighted by atomic mass is 32.2. The van der Waals surface area contributed by atoms with Crippen molar-refractivity contribution in [2.24, 2.45) is 0 Å². The molecular weight excluding hydrogens is 613 g/mol. The molecule has 1 saturated heterocycles. The molecule has 3 heterocycles. The van der Waals surface area contributed by atoms with Crippen molar-refractivity contribution in [1.82, 2.24) is 24.8 Å². The molecule has 0 atom stereocenters. The standard InChI is InChI=1S/C30H35F3N6O5S/c1-5-44-24-17-22(18-34-19-24)20-14-21(16-23(15-20)29(2,3)4)28(41)39-11-9-38(10-12-39)26-7-6-25(35-36-26)27(40)37-45(42,43)13-8-30(31,32)33/h6-7,14-19H,5,8-13H2,1-4H3,(H,37,40). The summed E-state index contributed by atoms with van der Waals surface area (Å²) in [5.41, 5.74) is 2.65. The van der Waals surface area contributed by atoms with Crippen LogP contribution in [0.4, 0.5) is 19.0 Å². The Hall–Kier alpha value is -4.27. The topological polar surface area (TPSA) is 135 Å². The summed E-state index contributed by atoms with van der Waals surface area (Å²) < 4.78 is 67.9. The normalized spacial score (nSPS) is 14.3. The average Bonchev–Trinajstić information content (AvgIpc) is 2.99. The van der Waals surface area contributed by atoms with E-state index in [2.05, 4.69) is 42.0 Å². The van der Waals surface area contributed by atoms with Crippen LogP contribution >= 0.6 is 0 Å². The summed E-state index contributed by atoms with van der Waals surface area (Å²) in [7, 11) is -4.51. The Morgan fingerprint density at radius 3 is 2.27 bits per heavy atom. The number of aromatic nitrogens is 3. The largest absolute Gasteiger partial charge is 0.492 e. The Morgan fingerprint density at radius 2 is 1.67 bits per heavy atom. The third kappa shape index (κ3) is 9.12. The van der Waals surface area contributed by atoms with E-state index in [1.54, 1.807) is 22.0 Å². The van der Waals surface area contributed by atoms with E-state index < -0.39 is 34.3 Å². The maximum absolute atomic E-state index is 13.7. The van der Waals surface area contributed by atoms with Crippen molar-refractivity contribution >= 4 is 27.7 Å². The van der Waals surface area contributed by atoms with Crippen LogP contribution in [0, 0.1) is 0 Å². The Kier molecular flexibility index (Phi) is 10.00. The average molecular weight is 649 g/mol. The number of hydrogen-bond acceptors (Lipinski definition) is 9. The number of pyridine rings is 1. The number of amides is 2. The predicted molar refractivity (Wildman–Crippen MR) is 162 cm³/mol. The third-order valence-electron chi connectivity index (χ3n) is 7.08. The van der Waals surface area contributed by atoms with Gasteiger partial charge in [0.2, 0.25) is 10.0 Å². The van der Waals surface area contributed by atoms with Crippen molar-refractivity contribution < 1.29 is 35.9 Å². The monoisotopic (exact) mass is 648 g/mol. The van der Waals surface area contributed by atoms with Crippen LogP contribution in [0.25, 0.3) is 11.1 Å². The first-order valence-corrected chi connectivity index (χ1v) is 15.9. The van der Waals surface area contributed by atoms with Crippen LogP contribution < -0.4 is 14.4 Å². The van der Waals surface area contributed by atoms with E-state index in [1.165, 1.54) is 12.1 Å². The number of carbonyl (C=O) groups is 2. The molecule has 45 heavy (non-hydrogen) atoms. The molecule has 11 nitrogen and oxygen atoms in total. The van der Waals surface area contributed by atoms with Crippen LogP contribution in [0.2, 0.25) is 0 Å². The number of anilines is 1. The van der Waals surface area contributed by atoms with Gasteiger partial charge in [-0.25, -0.2) is 13.1 Å². The lowest BCUT2D eigenvalue weighted by Crippen LogP contribution is -2.49. The molecule has 0 radical (unpaired) electrons. The smallest absolute Gasteiger partial charge is 0.390 e. The van der Waals surface area contributed by atoms with Gasteiger partial charge in [0.25, 0.3) is 11.8 Å². The number of piperazine rings is 1. The number of sulfonamides is 1. The highest BCUT2D eigenvalue weighted by molar-refractivity contribution is 7.90. The highest BCUT2D eigenvalue weighted by Crippen LogP contribution is 2.31. The molecule has 2 amide bonds. The van der Waals surface area contributed by atoms with E-state index in [9.17, 15) is 31.2 Å². The first-order chi connectivity index (χ1) is 21.0. The number of nitrogens with zero attached hydrogens (tertiary/aromatic N) is 5. The minimum Gasteiger partial charge on any atom is -0.492 e. The number of benzene rings is 1. The fourth-order valence-corrected chi connectivity index (χ4v) is 5.59. The number of ether oxygens (including phenoxy) is 1. The van der Waals surface area contributed by atoms with Gasteiger partial charge in [0.15, 0.2) is 11.5 Å². The molecule has 1 N–H and O–H groups in total. The van der Waals surface area contributed by atoms with E-state index in [1.807, 2.05) is 30.0 Å². The van der Waals surface area contributed by atoms with Crippen molar-refractivity contribution in [2.75, 3.05) is 43.4 Å². The zero-order valence-electron chi connectivity index (χ0n) is 25.4. The van der Waals surface area contributed by atoms with Gasteiger partial charge in [-0.2, -0.15) is 13.2 Å². The lowest BCUT2D eigenvalue weighted by atomic mass is 9.84. The molecule has 15 heteroatoms. The molecule has 0 aliphatic carbocycles. The van der Waals surface area contributed by atoms with Crippen molar-refractivity contribution in [3.05, 3.63) is 65.6 Å². The van der Waals surface area contributed by atoms with Crippen LogP contribution in [0.5, 0.6) is 5.75 Å². The zero-order chi connectivity index (χ0) is 33.0. The van der Waals surface area contributed by atoms with Crippen LogP contribution in [0.1, 0.15) is 60.5 Å². The van der Waals surface area contributed by atoms with E-state index in [0.29, 0.717) is 49.9 Å². The SMILES string of the molecule is CCOc1cncc(-c2cc(C(=O)N3CCN(c4ccc(C(=O)NS(=O)(=O)CCC(F)(F)F)nn4)CC3)cc(C(C)(C)C)c2)c1. The molecular formula is C30H35F3N6O5S. The first-order valence-electron chi connectivity index (χ1n) is 14.3. The van der Waals surface area contributed by atoms with Crippen LogP contribution in [-0.4, -0.2) is 85.0 Å². The second kappa shape index (κ2) is 13.4. The molecule has 1 fully saturated rings. The summed E-state index contributed by atoms with van der Waals surface area (Å²) in [6.07, 6.45) is -2.88. The van der Waals surface area contributed by atoms with Gasteiger partial charge in [0, 0.05) is 43.5 Å². The fourth-order valence-electron chi connectivity index (χ4n) is 4.60. The summed E-state index contributed by atoms with van der Waals surface area (Å²) in [6.45, 7) is 10.3. The minimum absolute atomic E-state index is 0.124. The number of alkyl halides is 3. The number of hydrogen-bond donors (Lipinski definition) is 1. The molecule has 0 spiro atoms. The Balaban J connectivity index is 1.43. The maximum atomic E-state index is 13.7. The molecule has 1 aliphatic heterocycles. The van der Waals surface area contributed by atoms with Gasteiger partial charge < -0.3 is 14.5 Å². The molecule has 0 unspecified atom stereocenters. The highest BCUT2D eigenvalue weighted by Gasteiger charge is 2.31.